The number of rotatable bonds is 4. The molecule has 2 fully saturated rings. The molecule has 30 heavy (non-hydrogen) atoms. The van der Waals surface area contributed by atoms with Crippen molar-refractivity contribution < 1.29 is 14.5 Å². The molecule has 0 aliphatic carbocycles. The summed E-state index contributed by atoms with van der Waals surface area (Å²) < 4.78 is 1.24. The lowest BCUT2D eigenvalue weighted by Crippen LogP contribution is -3.14. The van der Waals surface area contributed by atoms with Crippen LogP contribution < -0.4 is 10.2 Å². The van der Waals surface area contributed by atoms with E-state index in [1.165, 1.54) is 19.5 Å². The van der Waals surface area contributed by atoms with Gasteiger partial charge in [0.15, 0.2) is 6.67 Å². The average Bonchev–Trinajstić information content (AvgIpc) is 3.30. The lowest BCUT2D eigenvalue weighted by Gasteiger charge is -2.30. The Morgan fingerprint density at radius 1 is 1.10 bits per heavy atom. The number of aromatic nitrogens is 1. The average molecular weight is 422 g/mol. The number of quaternary nitrogens is 1. The molecule has 0 saturated carbocycles. The van der Waals surface area contributed by atoms with Gasteiger partial charge in [-0.15, -0.1) is 11.3 Å². The Morgan fingerprint density at radius 3 is 2.53 bits per heavy atom. The van der Waals surface area contributed by atoms with E-state index in [2.05, 4.69) is 23.5 Å². The number of urea groups is 1. The number of carbonyl (C=O) groups excluding carboxylic acids is 2. The van der Waals surface area contributed by atoms with E-state index in [-0.39, 0.29) is 11.9 Å². The molecule has 3 aromatic rings. The summed E-state index contributed by atoms with van der Waals surface area (Å²) in [5.41, 5.74) is 0.902. The van der Waals surface area contributed by atoms with E-state index in [4.69, 9.17) is 4.98 Å². The number of hydrogen-bond donors (Lipinski definition) is 2. The topological polar surface area (TPSA) is 66.7 Å². The smallest absolute Gasteiger partial charge is 0.319 e. The number of piperidine rings is 1. The molecule has 0 unspecified atom stereocenters. The van der Waals surface area contributed by atoms with Crippen LogP contribution in [0.4, 0.5) is 4.79 Å². The predicted molar refractivity (Wildman–Crippen MR) is 116 cm³/mol. The SMILES string of the molecule is C[C@@]1(c2ccccc2)NC(=O)N(C[NH+]2CCC(c3nc4ccccc4s3)CC2)C1=O. The molecule has 3 amide bonds. The van der Waals surface area contributed by atoms with E-state index in [0.29, 0.717) is 12.6 Å². The number of nitrogens with zero attached hydrogens (tertiary/aromatic N) is 2. The summed E-state index contributed by atoms with van der Waals surface area (Å²) in [6.07, 6.45) is 2.05. The molecule has 5 rings (SSSR count). The van der Waals surface area contributed by atoms with Crippen LogP contribution >= 0.6 is 11.3 Å². The van der Waals surface area contributed by atoms with Crippen LogP contribution in [-0.4, -0.2) is 41.6 Å². The number of benzene rings is 2. The number of imide groups is 1. The van der Waals surface area contributed by atoms with Gasteiger partial charge in [-0.25, -0.2) is 14.7 Å². The quantitative estimate of drug-likeness (QED) is 0.636. The van der Waals surface area contributed by atoms with Gasteiger partial charge in [-0.3, -0.25) is 4.79 Å². The van der Waals surface area contributed by atoms with Gasteiger partial charge in [0.1, 0.15) is 5.54 Å². The minimum atomic E-state index is -0.989. The Kier molecular flexibility index (Phi) is 4.79. The molecule has 3 heterocycles. The number of carbonyl (C=O) groups is 2. The van der Waals surface area contributed by atoms with Crippen molar-refractivity contribution in [1.82, 2.24) is 15.2 Å². The third-order valence-electron chi connectivity index (χ3n) is 6.36. The van der Waals surface area contributed by atoms with E-state index in [1.807, 2.05) is 36.4 Å². The predicted octanol–water partition coefficient (Wildman–Crippen LogP) is 2.48. The van der Waals surface area contributed by atoms with E-state index in [9.17, 15) is 9.59 Å². The number of para-hydroxylation sites is 1. The molecule has 2 aromatic carbocycles. The molecule has 0 spiro atoms. The highest BCUT2D eigenvalue weighted by atomic mass is 32.1. The van der Waals surface area contributed by atoms with Gasteiger partial charge in [-0.2, -0.15) is 0 Å². The third-order valence-corrected chi connectivity index (χ3v) is 7.56. The van der Waals surface area contributed by atoms with E-state index in [0.717, 1.165) is 37.0 Å². The molecule has 2 aliphatic heterocycles. The number of hydrogen-bond acceptors (Lipinski definition) is 4. The molecule has 1 aromatic heterocycles. The minimum absolute atomic E-state index is 0.167. The van der Waals surface area contributed by atoms with Gasteiger partial charge in [-0.1, -0.05) is 42.5 Å². The van der Waals surface area contributed by atoms with Crippen molar-refractivity contribution in [3.63, 3.8) is 0 Å². The molecule has 154 valence electrons. The highest BCUT2D eigenvalue weighted by molar-refractivity contribution is 7.18. The van der Waals surface area contributed by atoms with E-state index in [1.54, 1.807) is 18.3 Å². The van der Waals surface area contributed by atoms with Crippen LogP contribution in [0.5, 0.6) is 0 Å². The second kappa shape index (κ2) is 7.49. The lowest BCUT2D eigenvalue weighted by molar-refractivity contribution is -0.912. The van der Waals surface area contributed by atoms with Crippen molar-refractivity contribution in [2.75, 3.05) is 19.8 Å². The number of nitrogens with one attached hydrogen (secondary N) is 2. The number of amides is 3. The van der Waals surface area contributed by atoms with Crippen LogP contribution in [0.1, 0.15) is 36.3 Å². The summed E-state index contributed by atoms with van der Waals surface area (Å²) in [5, 5.41) is 4.11. The first-order valence-electron chi connectivity index (χ1n) is 10.4. The normalized spacial score (nSPS) is 26.9. The summed E-state index contributed by atoms with van der Waals surface area (Å²) in [4.78, 5) is 33.2. The van der Waals surface area contributed by atoms with Crippen LogP contribution in [0.3, 0.4) is 0 Å². The Morgan fingerprint density at radius 2 is 1.80 bits per heavy atom. The Labute approximate surface area is 179 Å². The summed E-state index contributed by atoms with van der Waals surface area (Å²) in [5.74, 6) is 0.295. The summed E-state index contributed by atoms with van der Waals surface area (Å²) >= 11 is 1.79. The summed E-state index contributed by atoms with van der Waals surface area (Å²) in [7, 11) is 0. The second-order valence-electron chi connectivity index (χ2n) is 8.36. The zero-order valence-electron chi connectivity index (χ0n) is 16.9. The van der Waals surface area contributed by atoms with Gasteiger partial charge < -0.3 is 10.2 Å². The maximum Gasteiger partial charge on any atom is 0.329 e. The number of fused-ring (bicyclic) bond motifs is 1. The summed E-state index contributed by atoms with van der Waals surface area (Å²) in [6.45, 7) is 4.07. The van der Waals surface area contributed by atoms with Crippen LogP contribution in [0.15, 0.2) is 54.6 Å². The van der Waals surface area contributed by atoms with Gasteiger partial charge in [0, 0.05) is 18.8 Å². The van der Waals surface area contributed by atoms with Gasteiger partial charge in [0.25, 0.3) is 5.91 Å². The molecule has 0 radical (unpaired) electrons. The lowest BCUT2D eigenvalue weighted by atomic mass is 9.92. The van der Waals surface area contributed by atoms with Gasteiger partial charge >= 0.3 is 6.03 Å². The van der Waals surface area contributed by atoms with Crippen LogP contribution in [0.25, 0.3) is 10.2 Å². The van der Waals surface area contributed by atoms with Gasteiger partial charge in [-0.05, 0) is 24.6 Å². The Hall–Kier alpha value is -2.77. The number of thiazole rings is 1. The summed E-state index contributed by atoms with van der Waals surface area (Å²) in [6, 6.07) is 17.4. The maximum absolute atomic E-state index is 13.1. The Bertz CT molecular complexity index is 1060. The van der Waals surface area contributed by atoms with E-state index < -0.39 is 5.54 Å². The zero-order chi connectivity index (χ0) is 20.7. The fraction of sp³-hybridized carbons (Fsp3) is 0.348. The van der Waals surface area contributed by atoms with Crippen LogP contribution in [0.2, 0.25) is 0 Å². The fourth-order valence-electron chi connectivity index (χ4n) is 4.53. The monoisotopic (exact) mass is 421 g/mol. The number of likely N-dealkylation sites (tertiary alicyclic amines) is 1. The van der Waals surface area contributed by atoms with E-state index >= 15 is 0 Å². The highest BCUT2D eigenvalue weighted by Crippen LogP contribution is 2.32. The van der Waals surface area contributed by atoms with Crippen molar-refractivity contribution in [1.29, 1.82) is 0 Å². The van der Waals surface area contributed by atoms with Crippen LogP contribution in [-0.2, 0) is 10.3 Å². The second-order valence-corrected chi connectivity index (χ2v) is 9.42. The van der Waals surface area contributed by atoms with Crippen molar-refractivity contribution in [2.24, 2.45) is 0 Å². The standard InChI is InChI=1S/C23H24N4O2S/c1-23(17-7-3-2-4-8-17)21(28)27(22(29)25-23)15-26-13-11-16(12-14-26)20-24-18-9-5-6-10-19(18)30-20/h2-10,16H,11-15H2,1H3,(H,25,29)/p+1/t23-/m0/s1. The van der Waals surface area contributed by atoms with Crippen molar-refractivity contribution in [3.05, 3.63) is 65.2 Å². The largest absolute Gasteiger partial charge is 0.329 e. The van der Waals surface area contributed by atoms with Crippen LogP contribution in [0, 0.1) is 0 Å². The molecule has 2 saturated heterocycles. The molecular formula is C23H25N4O2S+. The Balaban J connectivity index is 1.24. The molecule has 2 aliphatic rings. The molecule has 1 atom stereocenters. The highest BCUT2D eigenvalue weighted by Gasteiger charge is 2.50. The van der Waals surface area contributed by atoms with Crippen molar-refractivity contribution in [3.8, 4) is 0 Å². The van der Waals surface area contributed by atoms with Crippen molar-refractivity contribution in [2.45, 2.75) is 31.2 Å². The first-order valence-corrected chi connectivity index (χ1v) is 11.2. The third kappa shape index (κ3) is 3.28. The maximum atomic E-state index is 13.1. The molecule has 7 heteroatoms. The molecule has 6 nitrogen and oxygen atoms in total. The van der Waals surface area contributed by atoms with Gasteiger partial charge in [0.2, 0.25) is 0 Å². The fourth-order valence-corrected chi connectivity index (χ4v) is 5.66. The van der Waals surface area contributed by atoms with Gasteiger partial charge in [0.05, 0.1) is 28.3 Å². The molecule has 2 N–H and O–H groups in total. The first kappa shape index (κ1) is 19.2. The molecule has 0 bridgehead atoms. The molecular weight excluding hydrogens is 396 g/mol. The first-order chi connectivity index (χ1) is 14.5. The minimum Gasteiger partial charge on any atom is -0.319 e. The van der Waals surface area contributed by atoms with Crippen molar-refractivity contribution >= 4 is 33.5 Å². The zero-order valence-corrected chi connectivity index (χ0v) is 17.7.